The van der Waals surface area contributed by atoms with Crippen molar-refractivity contribution in [2.45, 2.75) is 25.8 Å². The summed E-state index contributed by atoms with van der Waals surface area (Å²) in [5.41, 5.74) is 1.59. The smallest absolute Gasteiger partial charge is 0.178 e. The van der Waals surface area contributed by atoms with Gasteiger partial charge in [0.25, 0.3) is 0 Å². The number of nitrogens with one attached hydrogen (secondary N) is 1. The first-order valence-electron chi connectivity index (χ1n) is 6.37. The molecule has 0 saturated heterocycles. The Morgan fingerprint density at radius 3 is 3.00 bits per heavy atom. The van der Waals surface area contributed by atoms with Gasteiger partial charge in [-0.15, -0.1) is 0 Å². The minimum atomic E-state index is -0.418. The first-order chi connectivity index (χ1) is 9.15. The lowest BCUT2D eigenvalue weighted by molar-refractivity contribution is 0.413. The molecule has 0 bridgehead atoms. The van der Waals surface area contributed by atoms with Crippen molar-refractivity contribution in [2.75, 3.05) is 0 Å². The highest BCUT2D eigenvalue weighted by molar-refractivity contribution is 7.71. The van der Waals surface area contributed by atoms with E-state index in [4.69, 9.17) is 23.8 Å². The first kappa shape index (κ1) is 12.9. The molecule has 3 rings (SSSR count). The number of nitrogens with zero attached hydrogens (tertiary/aromatic N) is 1. The highest BCUT2D eigenvalue weighted by Gasteiger charge is 2.14. The summed E-state index contributed by atoms with van der Waals surface area (Å²) in [6.45, 7) is 0.852. The van der Waals surface area contributed by atoms with Gasteiger partial charge >= 0.3 is 0 Å². The maximum absolute atomic E-state index is 13.4. The van der Waals surface area contributed by atoms with Crippen LogP contribution in [0.15, 0.2) is 24.3 Å². The Balaban J connectivity index is 2.02. The number of benzene rings is 1. The minimum Gasteiger partial charge on any atom is -0.330 e. The molecule has 1 aromatic heterocycles. The quantitative estimate of drug-likeness (QED) is 0.621. The molecule has 1 aromatic carbocycles. The third-order valence-corrected chi connectivity index (χ3v) is 4.25. The number of hydrogen-bond acceptors (Lipinski definition) is 1. The van der Waals surface area contributed by atoms with Crippen LogP contribution in [0.5, 0.6) is 0 Å². The van der Waals surface area contributed by atoms with Gasteiger partial charge in [0.15, 0.2) is 4.77 Å². The Morgan fingerprint density at radius 1 is 1.42 bits per heavy atom. The lowest BCUT2D eigenvalue weighted by Gasteiger charge is -2.18. The number of halogens is 2. The molecule has 0 radical (unpaired) electrons. The fourth-order valence-electron chi connectivity index (χ4n) is 2.61. The Bertz CT molecular complexity index is 701. The van der Waals surface area contributed by atoms with Crippen LogP contribution < -0.4 is 0 Å². The largest absolute Gasteiger partial charge is 0.330 e. The summed E-state index contributed by atoms with van der Waals surface area (Å²) in [4.78, 5) is 3.05. The van der Waals surface area contributed by atoms with Crippen LogP contribution in [-0.4, -0.2) is 9.55 Å². The minimum absolute atomic E-state index is 0.138. The van der Waals surface area contributed by atoms with E-state index in [2.05, 4.69) is 17.1 Å². The SMILES string of the molecule is Fc1cc2[nH]c(=S)n(CC3CC=CCC3)c2cc1Cl. The average molecular weight is 297 g/mol. The fraction of sp³-hybridized carbons (Fsp3) is 0.357. The predicted molar refractivity (Wildman–Crippen MR) is 78.6 cm³/mol. The molecule has 1 N–H and O–H groups in total. The standard InChI is InChI=1S/C14H14ClFN2S/c15-10-6-13-12(7-11(10)16)17-14(19)18(13)8-9-4-2-1-3-5-9/h1-2,6-7,9H,3-5,8H2,(H,17,19). The lowest BCUT2D eigenvalue weighted by Crippen LogP contribution is -2.12. The van der Waals surface area contributed by atoms with Crippen LogP contribution in [0.3, 0.4) is 0 Å². The Morgan fingerprint density at radius 2 is 2.26 bits per heavy atom. The second kappa shape index (κ2) is 5.10. The Labute approximate surface area is 120 Å². The van der Waals surface area contributed by atoms with Crippen LogP contribution in [0.1, 0.15) is 19.3 Å². The van der Waals surface area contributed by atoms with Gasteiger partial charge in [-0.1, -0.05) is 23.8 Å². The van der Waals surface area contributed by atoms with E-state index >= 15 is 0 Å². The third-order valence-electron chi connectivity index (χ3n) is 3.63. The molecule has 19 heavy (non-hydrogen) atoms. The summed E-state index contributed by atoms with van der Waals surface area (Å²) < 4.78 is 16.1. The van der Waals surface area contributed by atoms with E-state index in [1.807, 2.05) is 4.57 Å². The maximum atomic E-state index is 13.4. The molecular weight excluding hydrogens is 283 g/mol. The van der Waals surface area contributed by atoms with Crippen LogP contribution in [-0.2, 0) is 6.54 Å². The van der Waals surface area contributed by atoms with E-state index in [-0.39, 0.29) is 5.02 Å². The zero-order chi connectivity index (χ0) is 13.4. The van der Waals surface area contributed by atoms with Crippen molar-refractivity contribution < 1.29 is 4.39 Å². The average Bonchev–Trinajstić information content (AvgIpc) is 2.68. The summed E-state index contributed by atoms with van der Waals surface area (Å²) in [6.07, 6.45) is 7.80. The molecule has 1 heterocycles. The van der Waals surface area contributed by atoms with E-state index in [9.17, 15) is 4.39 Å². The molecule has 2 nitrogen and oxygen atoms in total. The first-order valence-corrected chi connectivity index (χ1v) is 7.16. The van der Waals surface area contributed by atoms with Gasteiger partial charge in [0.2, 0.25) is 0 Å². The van der Waals surface area contributed by atoms with Crippen LogP contribution in [0.4, 0.5) is 4.39 Å². The van der Waals surface area contributed by atoms with Gasteiger partial charge in [0.1, 0.15) is 5.82 Å². The zero-order valence-electron chi connectivity index (χ0n) is 10.3. The number of imidazole rings is 1. The van der Waals surface area contributed by atoms with Gasteiger partial charge in [-0.25, -0.2) is 4.39 Å². The summed E-state index contributed by atoms with van der Waals surface area (Å²) >= 11 is 11.2. The molecule has 100 valence electrons. The van der Waals surface area contributed by atoms with Gasteiger partial charge in [-0.05, 0) is 43.5 Å². The molecule has 0 spiro atoms. The topological polar surface area (TPSA) is 20.7 Å². The summed E-state index contributed by atoms with van der Waals surface area (Å²) in [5, 5.41) is 0.138. The fourth-order valence-corrected chi connectivity index (χ4v) is 3.05. The Hall–Kier alpha value is -1.13. The monoisotopic (exact) mass is 296 g/mol. The van der Waals surface area contributed by atoms with Crippen molar-refractivity contribution in [2.24, 2.45) is 5.92 Å². The second-order valence-electron chi connectivity index (χ2n) is 4.97. The van der Waals surface area contributed by atoms with Crippen molar-refractivity contribution in [3.05, 3.63) is 39.9 Å². The zero-order valence-corrected chi connectivity index (χ0v) is 11.9. The molecule has 1 aliphatic rings. The summed E-state index contributed by atoms with van der Waals surface area (Å²) in [7, 11) is 0. The van der Waals surface area contributed by atoms with Crippen molar-refractivity contribution >= 4 is 34.9 Å². The second-order valence-corrected chi connectivity index (χ2v) is 5.77. The molecule has 0 fully saturated rings. The van der Waals surface area contributed by atoms with E-state index < -0.39 is 5.82 Å². The molecule has 0 aliphatic heterocycles. The number of rotatable bonds is 2. The number of hydrogen-bond donors (Lipinski definition) is 1. The highest BCUT2D eigenvalue weighted by atomic mass is 35.5. The van der Waals surface area contributed by atoms with E-state index in [0.717, 1.165) is 24.9 Å². The predicted octanol–water partition coefficient (Wildman–Crippen LogP) is 4.85. The van der Waals surface area contributed by atoms with Crippen molar-refractivity contribution in [3.8, 4) is 0 Å². The number of aromatic nitrogens is 2. The number of aromatic amines is 1. The van der Waals surface area contributed by atoms with Crippen LogP contribution in [0.2, 0.25) is 5.02 Å². The van der Waals surface area contributed by atoms with Crippen LogP contribution in [0, 0.1) is 16.5 Å². The van der Waals surface area contributed by atoms with Crippen molar-refractivity contribution in [1.29, 1.82) is 0 Å². The highest BCUT2D eigenvalue weighted by Crippen LogP contribution is 2.26. The van der Waals surface area contributed by atoms with E-state index in [1.165, 1.54) is 12.5 Å². The number of allylic oxidation sites excluding steroid dienone is 2. The molecule has 0 amide bonds. The normalized spacial score (nSPS) is 19.2. The Kier molecular flexibility index (Phi) is 3.46. The maximum Gasteiger partial charge on any atom is 0.178 e. The summed E-state index contributed by atoms with van der Waals surface area (Å²) in [6, 6.07) is 3.06. The number of fused-ring (bicyclic) bond motifs is 1. The van der Waals surface area contributed by atoms with Crippen molar-refractivity contribution in [3.63, 3.8) is 0 Å². The molecule has 0 saturated carbocycles. The van der Waals surface area contributed by atoms with Gasteiger partial charge in [0, 0.05) is 12.6 Å². The lowest BCUT2D eigenvalue weighted by atomic mass is 9.94. The van der Waals surface area contributed by atoms with Gasteiger partial charge in [0.05, 0.1) is 16.1 Å². The van der Waals surface area contributed by atoms with Crippen molar-refractivity contribution in [1.82, 2.24) is 9.55 Å². The van der Waals surface area contributed by atoms with E-state index in [0.29, 0.717) is 16.2 Å². The summed E-state index contributed by atoms with van der Waals surface area (Å²) in [5.74, 6) is 0.165. The van der Waals surface area contributed by atoms with Crippen LogP contribution >= 0.6 is 23.8 Å². The van der Waals surface area contributed by atoms with Crippen LogP contribution in [0.25, 0.3) is 11.0 Å². The van der Waals surface area contributed by atoms with Gasteiger partial charge < -0.3 is 9.55 Å². The van der Waals surface area contributed by atoms with E-state index in [1.54, 1.807) is 6.07 Å². The van der Waals surface area contributed by atoms with Gasteiger partial charge in [-0.3, -0.25) is 0 Å². The third kappa shape index (κ3) is 2.47. The van der Waals surface area contributed by atoms with Gasteiger partial charge in [-0.2, -0.15) is 0 Å². The molecule has 1 atom stereocenters. The molecular formula is C14H14ClFN2S. The molecule has 2 aromatic rings. The molecule has 5 heteroatoms. The molecule has 1 aliphatic carbocycles. The number of H-pyrrole nitrogens is 1. The molecule has 1 unspecified atom stereocenters.